The summed E-state index contributed by atoms with van der Waals surface area (Å²) >= 11 is 0. The van der Waals surface area contributed by atoms with Gasteiger partial charge in [0.15, 0.2) is 0 Å². The van der Waals surface area contributed by atoms with Crippen molar-refractivity contribution >= 4 is 87.2 Å². The minimum atomic E-state index is -0.294. The summed E-state index contributed by atoms with van der Waals surface area (Å²) in [6.45, 7) is 14.1. The third-order valence-corrected chi connectivity index (χ3v) is 20.5. The van der Waals surface area contributed by atoms with Crippen LogP contribution in [0.3, 0.4) is 0 Å². The molecule has 18 aromatic rings. The fraction of sp³-hybridized carbons (Fsp3) is 0.0860. The number of para-hydroxylation sites is 4. The largest absolute Gasteiger partial charge is 0.306 e. The summed E-state index contributed by atoms with van der Waals surface area (Å²) in [5, 5.41) is 22.3. The fourth-order valence-electron chi connectivity index (χ4n) is 15.7. The number of nitriles is 1. The maximum absolute atomic E-state index is 13.5. The molecule has 0 aliphatic rings. The van der Waals surface area contributed by atoms with Gasteiger partial charge in [-0.2, -0.15) is 5.26 Å². The van der Waals surface area contributed by atoms with Crippen molar-refractivity contribution in [1.29, 1.82) is 5.26 Å². The van der Waals surface area contributed by atoms with E-state index < -0.39 is 0 Å². The summed E-state index contributed by atoms with van der Waals surface area (Å²) < 4.78 is 10.00. The van der Waals surface area contributed by atoms with Crippen LogP contribution in [0.5, 0.6) is 0 Å². The SMILES string of the molecule is CC(C)(C)c1cc(-c2c(-n3c4ccc(-c5ccccc5)cc4c4cc(-c5ccccc5)ccc43)c(-n3c4ccccc4c4ccccc43)c(C#N)c(-n3c4ccccc4c4ccccc43)c2-n2c3ccc(-c4ccccc4)cc3c3cc(-c4ccccc4)ccc32)cc(C(C)(C)C)c1. The zero-order valence-corrected chi connectivity index (χ0v) is 55.7. The van der Waals surface area contributed by atoms with E-state index in [9.17, 15) is 5.26 Å². The van der Waals surface area contributed by atoms with Crippen LogP contribution in [0.1, 0.15) is 58.2 Å². The van der Waals surface area contributed by atoms with Crippen molar-refractivity contribution in [1.82, 2.24) is 18.3 Å². The zero-order valence-electron chi connectivity index (χ0n) is 55.7. The molecule has 0 radical (unpaired) electrons. The Morgan fingerprint density at radius 3 is 0.735 bits per heavy atom. The lowest BCUT2D eigenvalue weighted by molar-refractivity contribution is 0.569. The Hall–Kier alpha value is -12.2. The fourth-order valence-corrected chi connectivity index (χ4v) is 15.7. The molecular formula is C93H69N5. The van der Waals surface area contributed by atoms with Crippen LogP contribution >= 0.6 is 0 Å². The molecule has 4 heterocycles. The highest BCUT2D eigenvalue weighted by Gasteiger charge is 2.36. The molecule has 5 nitrogen and oxygen atoms in total. The van der Waals surface area contributed by atoms with Gasteiger partial charge in [-0.15, -0.1) is 0 Å². The van der Waals surface area contributed by atoms with E-state index in [0.29, 0.717) is 5.56 Å². The van der Waals surface area contributed by atoms with Gasteiger partial charge < -0.3 is 18.3 Å². The number of nitrogens with zero attached hydrogens (tertiary/aromatic N) is 5. The van der Waals surface area contributed by atoms with E-state index in [1.165, 1.54) is 11.1 Å². The van der Waals surface area contributed by atoms with Gasteiger partial charge in [-0.05, 0) is 145 Å². The lowest BCUT2D eigenvalue weighted by atomic mass is 9.78. The number of benzene rings is 14. The summed E-state index contributed by atoms with van der Waals surface area (Å²) in [5.41, 5.74) is 24.7. The second-order valence-electron chi connectivity index (χ2n) is 28.4. The molecule has 0 fully saturated rings. The van der Waals surface area contributed by atoms with Crippen molar-refractivity contribution in [3.05, 3.63) is 326 Å². The average molecular weight is 1260 g/mol. The van der Waals surface area contributed by atoms with Gasteiger partial charge in [0.1, 0.15) is 11.6 Å². The van der Waals surface area contributed by atoms with E-state index in [4.69, 9.17) is 0 Å². The molecule has 0 unspecified atom stereocenters. The lowest BCUT2D eigenvalue weighted by Crippen LogP contribution is -2.18. The van der Waals surface area contributed by atoms with Gasteiger partial charge in [0.25, 0.3) is 0 Å². The first-order chi connectivity index (χ1) is 47.9. The summed E-state index contributed by atoms with van der Waals surface area (Å²) in [6, 6.07) is 117. The molecule has 98 heavy (non-hydrogen) atoms. The van der Waals surface area contributed by atoms with Crippen molar-refractivity contribution < 1.29 is 0 Å². The molecular weight excluding hydrogens is 1190 g/mol. The molecule has 14 aromatic carbocycles. The van der Waals surface area contributed by atoms with Crippen molar-refractivity contribution in [2.24, 2.45) is 0 Å². The Kier molecular flexibility index (Phi) is 13.4. The molecule has 5 heteroatoms. The van der Waals surface area contributed by atoms with Gasteiger partial charge in [-0.3, -0.25) is 0 Å². The smallest absolute Gasteiger partial charge is 0.104 e. The Morgan fingerprint density at radius 2 is 0.469 bits per heavy atom. The van der Waals surface area contributed by atoms with Crippen LogP contribution in [-0.4, -0.2) is 18.3 Å². The Balaban J connectivity index is 1.16. The van der Waals surface area contributed by atoms with E-state index >= 15 is 0 Å². The Labute approximate surface area is 570 Å². The van der Waals surface area contributed by atoms with Crippen LogP contribution in [0.4, 0.5) is 0 Å². The topological polar surface area (TPSA) is 43.5 Å². The highest BCUT2D eigenvalue weighted by atomic mass is 15.1. The third kappa shape index (κ3) is 9.20. The quantitative estimate of drug-likeness (QED) is 0.142. The Bertz CT molecular complexity index is 5620. The molecule has 0 saturated carbocycles. The number of aromatic nitrogens is 4. The molecule has 4 aromatic heterocycles. The van der Waals surface area contributed by atoms with Gasteiger partial charge in [-0.25, -0.2) is 0 Å². The predicted octanol–water partition coefficient (Wildman–Crippen LogP) is 24.9. The normalized spacial score (nSPS) is 12.2. The molecule has 0 spiro atoms. The van der Waals surface area contributed by atoms with Crippen LogP contribution in [0.15, 0.2) is 309 Å². The molecule has 0 aliphatic carbocycles. The van der Waals surface area contributed by atoms with E-state index in [-0.39, 0.29) is 10.8 Å². The molecule has 0 atom stereocenters. The summed E-state index contributed by atoms with van der Waals surface area (Å²) in [7, 11) is 0. The standard InChI is InChI=1S/C93H69N5/c1-92(2,3)68-51-67(52-69(57-68)93(4,5)6)87-90(97-83-47-43-63(59-27-11-7-12-28-59)53-74(83)75-54-64(44-48-84(75)97)60-29-13-8-14-30-60)88(95-79-39-23-19-35-70(79)71-36-20-24-40-80(71)95)78(58-94)89(96-81-41-25-21-37-72(81)73-38-22-26-42-82(73)96)91(87)98-85-49-45-65(61-31-15-9-16-32-61)55-76(85)77-56-66(46-50-86(77)98)62-33-17-10-18-34-62/h7-57H,1-6H3. The minimum Gasteiger partial charge on any atom is -0.306 e. The van der Waals surface area contributed by atoms with Gasteiger partial charge in [-0.1, -0.05) is 278 Å². The molecule has 0 N–H and O–H groups in total. The van der Waals surface area contributed by atoms with E-state index in [1.807, 2.05) is 0 Å². The molecule has 0 saturated heterocycles. The lowest BCUT2D eigenvalue weighted by Gasteiger charge is -2.31. The van der Waals surface area contributed by atoms with Gasteiger partial charge in [0.2, 0.25) is 0 Å². The van der Waals surface area contributed by atoms with Gasteiger partial charge in [0, 0.05) is 48.7 Å². The number of hydrogen-bond acceptors (Lipinski definition) is 1. The highest BCUT2D eigenvalue weighted by Crippen LogP contribution is 2.54. The van der Waals surface area contributed by atoms with Crippen LogP contribution in [0, 0.1) is 11.3 Å². The van der Waals surface area contributed by atoms with Gasteiger partial charge in [0.05, 0.1) is 66.9 Å². The van der Waals surface area contributed by atoms with E-state index in [2.05, 4.69) is 375 Å². The first-order valence-corrected chi connectivity index (χ1v) is 34.0. The molecule has 0 bridgehead atoms. The van der Waals surface area contributed by atoms with E-state index in [1.54, 1.807) is 0 Å². The zero-order chi connectivity index (χ0) is 66.1. The first kappa shape index (κ1) is 58.4. The van der Waals surface area contributed by atoms with Crippen LogP contribution < -0.4 is 0 Å². The maximum Gasteiger partial charge on any atom is 0.104 e. The first-order valence-electron chi connectivity index (χ1n) is 34.0. The molecule has 18 rings (SSSR count). The predicted molar refractivity (Wildman–Crippen MR) is 413 cm³/mol. The van der Waals surface area contributed by atoms with Crippen LogP contribution in [0.2, 0.25) is 0 Å². The van der Waals surface area contributed by atoms with Gasteiger partial charge >= 0.3 is 0 Å². The van der Waals surface area contributed by atoms with Crippen molar-refractivity contribution in [3.8, 4) is 84.5 Å². The van der Waals surface area contributed by atoms with Crippen molar-refractivity contribution in [3.63, 3.8) is 0 Å². The van der Waals surface area contributed by atoms with Crippen molar-refractivity contribution in [2.75, 3.05) is 0 Å². The number of hydrogen-bond donors (Lipinski definition) is 0. The van der Waals surface area contributed by atoms with Crippen LogP contribution in [0.25, 0.3) is 166 Å². The highest BCUT2D eigenvalue weighted by molar-refractivity contribution is 6.18. The van der Waals surface area contributed by atoms with Crippen LogP contribution in [-0.2, 0) is 10.8 Å². The minimum absolute atomic E-state index is 0.294. The average Bonchev–Trinajstić information content (AvgIpc) is 1.44. The number of rotatable bonds is 9. The Morgan fingerprint density at radius 1 is 0.224 bits per heavy atom. The van der Waals surface area contributed by atoms with Crippen molar-refractivity contribution in [2.45, 2.75) is 52.4 Å². The molecule has 0 aliphatic heterocycles. The third-order valence-electron chi connectivity index (χ3n) is 20.5. The summed E-state index contributed by atoms with van der Waals surface area (Å²) in [5.74, 6) is 0. The molecule has 0 amide bonds. The second kappa shape index (κ2) is 22.5. The number of fused-ring (bicyclic) bond motifs is 12. The summed E-state index contributed by atoms with van der Waals surface area (Å²) in [4.78, 5) is 0. The van der Waals surface area contributed by atoms with E-state index in [0.717, 1.165) is 166 Å². The second-order valence-corrected chi connectivity index (χ2v) is 28.4. The maximum atomic E-state index is 13.5. The monoisotopic (exact) mass is 1260 g/mol. The summed E-state index contributed by atoms with van der Waals surface area (Å²) in [6.07, 6.45) is 0. The molecule has 466 valence electrons.